The van der Waals surface area contributed by atoms with Crippen LogP contribution in [0.4, 0.5) is 5.82 Å². The van der Waals surface area contributed by atoms with E-state index in [2.05, 4.69) is 22.2 Å². The molecule has 1 amide bonds. The molecule has 0 bridgehead atoms. The lowest BCUT2D eigenvalue weighted by Crippen LogP contribution is -2.33. The molecule has 6 nitrogen and oxygen atoms in total. The highest BCUT2D eigenvalue weighted by atomic mass is 16.5. The number of carbonyl (C=O) groups is 1. The van der Waals surface area contributed by atoms with Gasteiger partial charge in [0, 0.05) is 31.5 Å². The predicted molar refractivity (Wildman–Crippen MR) is 103 cm³/mol. The minimum Gasteiger partial charge on any atom is -0.377 e. The van der Waals surface area contributed by atoms with Gasteiger partial charge in [-0.05, 0) is 56.1 Å². The first-order valence-corrected chi connectivity index (χ1v) is 9.20. The van der Waals surface area contributed by atoms with E-state index in [9.17, 15) is 4.79 Å². The Hall–Kier alpha value is -2.75. The van der Waals surface area contributed by atoms with Gasteiger partial charge in [0.2, 0.25) is 0 Å². The Labute approximate surface area is 159 Å². The van der Waals surface area contributed by atoms with Gasteiger partial charge in [-0.3, -0.25) is 9.69 Å². The largest absolute Gasteiger partial charge is 0.377 e. The van der Waals surface area contributed by atoms with Crippen molar-refractivity contribution in [3.8, 4) is 6.07 Å². The van der Waals surface area contributed by atoms with Crippen LogP contribution in [0.25, 0.3) is 0 Å². The number of benzene rings is 1. The second kappa shape index (κ2) is 9.26. The van der Waals surface area contributed by atoms with Crippen molar-refractivity contribution in [3.63, 3.8) is 0 Å². The molecule has 1 fully saturated rings. The third-order valence-corrected chi connectivity index (χ3v) is 4.57. The van der Waals surface area contributed by atoms with Crippen molar-refractivity contribution in [3.05, 3.63) is 59.3 Å². The fourth-order valence-corrected chi connectivity index (χ4v) is 3.21. The van der Waals surface area contributed by atoms with Gasteiger partial charge >= 0.3 is 0 Å². The van der Waals surface area contributed by atoms with Crippen LogP contribution in [0.3, 0.4) is 0 Å². The summed E-state index contributed by atoms with van der Waals surface area (Å²) >= 11 is 0. The third-order valence-electron chi connectivity index (χ3n) is 4.57. The number of rotatable bonds is 6. The molecule has 140 valence electrons. The topological polar surface area (TPSA) is 78.3 Å². The van der Waals surface area contributed by atoms with Crippen LogP contribution >= 0.6 is 0 Å². The number of aromatic nitrogens is 1. The van der Waals surface area contributed by atoms with Gasteiger partial charge in [-0.25, -0.2) is 4.98 Å². The maximum Gasteiger partial charge on any atom is 0.256 e. The van der Waals surface area contributed by atoms with Crippen molar-refractivity contribution in [2.45, 2.75) is 31.9 Å². The molecule has 0 unspecified atom stereocenters. The summed E-state index contributed by atoms with van der Waals surface area (Å²) in [5.41, 5.74) is 2.12. The quantitative estimate of drug-likeness (QED) is 0.851. The van der Waals surface area contributed by atoms with Gasteiger partial charge in [0.15, 0.2) is 0 Å². The van der Waals surface area contributed by atoms with Crippen LogP contribution in [-0.2, 0) is 11.3 Å². The Morgan fingerprint density at radius 3 is 2.96 bits per heavy atom. The monoisotopic (exact) mass is 364 g/mol. The molecule has 1 aliphatic heterocycles. The molecule has 1 aromatic carbocycles. The van der Waals surface area contributed by atoms with Gasteiger partial charge in [0.1, 0.15) is 11.9 Å². The number of nitriles is 1. The van der Waals surface area contributed by atoms with Crippen LogP contribution in [0.1, 0.15) is 40.7 Å². The number of anilines is 1. The van der Waals surface area contributed by atoms with E-state index in [-0.39, 0.29) is 5.91 Å². The molecule has 0 saturated carbocycles. The maximum atomic E-state index is 12.5. The molecule has 2 heterocycles. The van der Waals surface area contributed by atoms with E-state index in [1.807, 2.05) is 24.3 Å². The molecule has 3 rings (SSSR count). The SMILES string of the molecule is CN(Cc1cccc(C(=O)Nc2ccc(C#N)cn2)c1)C[C@H]1CCCCO1. The lowest BCUT2D eigenvalue weighted by atomic mass is 10.1. The minimum atomic E-state index is -0.215. The van der Waals surface area contributed by atoms with Gasteiger partial charge < -0.3 is 10.1 Å². The van der Waals surface area contributed by atoms with Crippen molar-refractivity contribution >= 4 is 11.7 Å². The number of likely N-dealkylation sites (N-methyl/N-ethyl adjacent to an activating group) is 1. The van der Waals surface area contributed by atoms with Crippen LogP contribution < -0.4 is 5.32 Å². The summed E-state index contributed by atoms with van der Waals surface area (Å²) in [5.74, 6) is 0.211. The van der Waals surface area contributed by atoms with Gasteiger partial charge in [-0.2, -0.15) is 5.26 Å². The Morgan fingerprint density at radius 1 is 1.37 bits per heavy atom. The summed E-state index contributed by atoms with van der Waals surface area (Å²) in [7, 11) is 2.07. The number of hydrogen-bond donors (Lipinski definition) is 1. The average Bonchev–Trinajstić information content (AvgIpc) is 2.69. The lowest BCUT2D eigenvalue weighted by molar-refractivity contribution is -0.00259. The van der Waals surface area contributed by atoms with Crippen molar-refractivity contribution < 1.29 is 9.53 Å². The van der Waals surface area contributed by atoms with Crippen molar-refractivity contribution in [2.24, 2.45) is 0 Å². The highest BCUT2D eigenvalue weighted by molar-refractivity contribution is 6.03. The molecule has 1 N–H and O–H groups in total. The zero-order chi connectivity index (χ0) is 19.1. The van der Waals surface area contributed by atoms with E-state index in [1.54, 1.807) is 18.2 Å². The number of hydrogen-bond acceptors (Lipinski definition) is 5. The molecule has 1 atom stereocenters. The molecule has 27 heavy (non-hydrogen) atoms. The Kier molecular flexibility index (Phi) is 6.53. The minimum absolute atomic E-state index is 0.215. The molecular formula is C21H24N4O2. The number of amides is 1. The summed E-state index contributed by atoms with van der Waals surface area (Å²) in [6.45, 7) is 2.51. The fraction of sp³-hybridized carbons (Fsp3) is 0.381. The molecular weight excluding hydrogens is 340 g/mol. The normalized spacial score (nSPS) is 16.7. The van der Waals surface area contributed by atoms with E-state index < -0.39 is 0 Å². The molecule has 0 spiro atoms. The highest BCUT2D eigenvalue weighted by Crippen LogP contribution is 2.15. The molecule has 1 aromatic heterocycles. The van der Waals surface area contributed by atoms with Crippen molar-refractivity contribution in [1.82, 2.24) is 9.88 Å². The second-order valence-corrected chi connectivity index (χ2v) is 6.88. The number of nitrogens with one attached hydrogen (secondary N) is 1. The van der Waals surface area contributed by atoms with E-state index in [1.165, 1.54) is 12.6 Å². The highest BCUT2D eigenvalue weighted by Gasteiger charge is 2.16. The van der Waals surface area contributed by atoms with Crippen LogP contribution in [-0.4, -0.2) is 42.1 Å². The molecule has 2 aromatic rings. The summed E-state index contributed by atoms with van der Waals surface area (Å²) in [6, 6.07) is 12.9. The zero-order valence-electron chi connectivity index (χ0n) is 15.5. The summed E-state index contributed by atoms with van der Waals surface area (Å²) in [4.78, 5) is 18.8. The van der Waals surface area contributed by atoms with E-state index in [0.717, 1.165) is 38.1 Å². The van der Waals surface area contributed by atoms with E-state index >= 15 is 0 Å². The fourth-order valence-electron chi connectivity index (χ4n) is 3.21. The summed E-state index contributed by atoms with van der Waals surface area (Å²) in [5, 5.41) is 11.6. The first kappa shape index (κ1) is 19.0. The molecule has 0 aliphatic carbocycles. The number of carbonyl (C=O) groups excluding carboxylic acids is 1. The number of ether oxygens (including phenoxy) is 1. The van der Waals surface area contributed by atoms with Crippen LogP contribution in [0, 0.1) is 11.3 Å². The number of pyridine rings is 1. The van der Waals surface area contributed by atoms with Crippen molar-refractivity contribution in [2.75, 3.05) is 25.5 Å². The van der Waals surface area contributed by atoms with Gasteiger partial charge in [-0.1, -0.05) is 12.1 Å². The van der Waals surface area contributed by atoms with E-state index in [0.29, 0.717) is 23.0 Å². The van der Waals surface area contributed by atoms with Crippen LogP contribution in [0.15, 0.2) is 42.6 Å². The van der Waals surface area contributed by atoms with Gasteiger partial charge in [0.25, 0.3) is 5.91 Å². The summed E-state index contributed by atoms with van der Waals surface area (Å²) in [6.07, 6.45) is 5.25. The predicted octanol–water partition coefficient (Wildman–Crippen LogP) is 3.21. The summed E-state index contributed by atoms with van der Waals surface area (Å²) < 4.78 is 5.80. The molecule has 1 saturated heterocycles. The van der Waals surface area contributed by atoms with Gasteiger partial charge in [-0.15, -0.1) is 0 Å². The maximum absolute atomic E-state index is 12.5. The smallest absolute Gasteiger partial charge is 0.256 e. The molecule has 1 aliphatic rings. The van der Waals surface area contributed by atoms with Crippen LogP contribution in [0.2, 0.25) is 0 Å². The first-order valence-electron chi connectivity index (χ1n) is 9.20. The van der Waals surface area contributed by atoms with Crippen molar-refractivity contribution in [1.29, 1.82) is 5.26 Å². The molecule has 0 radical (unpaired) electrons. The Morgan fingerprint density at radius 2 is 2.26 bits per heavy atom. The van der Waals surface area contributed by atoms with E-state index in [4.69, 9.17) is 10.00 Å². The second-order valence-electron chi connectivity index (χ2n) is 6.88. The lowest BCUT2D eigenvalue weighted by Gasteiger charge is -2.27. The van der Waals surface area contributed by atoms with Gasteiger partial charge in [0.05, 0.1) is 11.7 Å². The average molecular weight is 364 g/mol. The Bertz CT molecular complexity index is 808. The first-order chi connectivity index (χ1) is 13.1. The van der Waals surface area contributed by atoms with Crippen LogP contribution in [0.5, 0.6) is 0 Å². The third kappa shape index (κ3) is 5.61. The number of nitrogens with zero attached hydrogens (tertiary/aromatic N) is 3. The standard InChI is InChI=1S/C21H24N4O2/c1-25(15-19-7-2-3-10-27-19)14-16-5-4-6-18(11-16)21(26)24-20-9-8-17(12-22)13-23-20/h4-6,8-9,11,13,19H,2-3,7,10,14-15H2,1H3,(H,23,24,26)/t19-/m1/s1. The molecule has 6 heteroatoms. The Balaban J connectivity index is 1.58. The zero-order valence-corrected chi connectivity index (χ0v) is 15.5.